The topological polar surface area (TPSA) is 97.0 Å². The average Bonchev–Trinajstić information content (AvgIpc) is 2.83. The van der Waals surface area contributed by atoms with Gasteiger partial charge in [-0.15, -0.1) is 0 Å². The quantitative estimate of drug-likeness (QED) is 0.436. The maximum Gasteiger partial charge on any atom is 0.234 e. The molecule has 1 saturated heterocycles. The molecular formula is C27H37ClN4O3S. The fourth-order valence-electron chi connectivity index (χ4n) is 7.18. The number of amides is 2. The number of ether oxygens (including phenoxy) is 1. The number of halogens is 1. The molecule has 0 aromatic heterocycles. The molecule has 1 atom stereocenters. The first-order valence-electron chi connectivity index (χ1n) is 13.3. The van der Waals surface area contributed by atoms with Crippen molar-refractivity contribution >= 4 is 46.0 Å². The fourth-order valence-corrected chi connectivity index (χ4v) is 8.45. The number of hydrogen-bond acceptors (Lipinski definition) is 6. The number of nitrogens with zero attached hydrogens (tertiary/aromatic N) is 2. The lowest BCUT2D eigenvalue weighted by atomic mass is 9.49. The van der Waals surface area contributed by atoms with Crippen LogP contribution >= 0.6 is 23.4 Å². The predicted molar refractivity (Wildman–Crippen MR) is 144 cm³/mol. The molecule has 1 aliphatic heterocycles. The Morgan fingerprint density at radius 3 is 2.44 bits per heavy atom. The molecule has 1 aromatic carbocycles. The number of benzene rings is 1. The summed E-state index contributed by atoms with van der Waals surface area (Å²) in [6, 6.07) is 7.27. The van der Waals surface area contributed by atoms with Crippen LogP contribution in [0.5, 0.6) is 0 Å². The van der Waals surface area contributed by atoms with Crippen molar-refractivity contribution < 1.29 is 14.3 Å². The first-order chi connectivity index (χ1) is 17.4. The highest BCUT2D eigenvalue weighted by molar-refractivity contribution is 8.15. The van der Waals surface area contributed by atoms with Crippen LogP contribution in [0.1, 0.15) is 51.4 Å². The number of rotatable bonds is 10. The van der Waals surface area contributed by atoms with Crippen LogP contribution < -0.4 is 11.1 Å². The van der Waals surface area contributed by atoms with Gasteiger partial charge in [0.05, 0.1) is 24.2 Å². The SMILES string of the molecule is NCCOCCNC(=O)C1CC(=O)N(CCC23CC4CC(CC(C4)C2)C3)C(=Nc2ccc(Cl)cc2)S1. The van der Waals surface area contributed by atoms with Gasteiger partial charge in [-0.05, 0) is 92.4 Å². The molecule has 1 aromatic rings. The third-order valence-corrected chi connectivity index (χ3v) is 9.76. The summed E-state index contributed by atoms with van der Waals surface area (Å²) < 4.78 is 5.34. The Morgan fingerprint density at radius 2 is 1.81 bits per heavy atom. The average molecular weight is 533 g/mol. The molecule has 36 heavy (non-hydrogen) atoms. The van der Waals surface area contributed by atoms with Crippen LogP contribution in [0.25, 0.3) is 0 Å². The summed E-state index contributed by atoms with van der Waals surface area (Å²) in [7, 11) is 0. The lowest BCUT2D eigenvalue weighted by molar-refractivity contribution is -0.131. The van der Waals surface area contributed by atoms with Gasteiger partial charge in [-0.1, -0.05) is 23.4 Å². The van der Waals surface area contributed by atoms with Gasteiger partial charge in [0.15, 0.2) is 5.17 Å². The molecule has 1 heterocycles. The van der Waals surface area contributed by atoms with Gasteiger partial charge in [-0.3, -0.25) is 14.5 Å². The van der Waals surface area contributed by atoms with Gasteiger partial charge in [0.1, 0.15) is 0 Å². The van der Waals surface area contributed by atoms with Gasteiger partial charge >= 0.3 is 0 Å². The minimum atomic E-state index is -0.506. The van der Waals surface area contributed by atoms with E-state index < -0.39 is 5.25 Å². The minimum Gasteiger partial charge on any atom is -0.378 e. The van der Waals surface area contributed by atoms with Crippen LogP contribution in [0.2, 0.25) is 5.02 Å². The van der Waals surface area contributed by atoms with Gasteiger partial charge in [-0.2, -0.15) is 0 Å². The number of carbonyl (C=O) groups excluding carboxylic acids is 2. The third-order valence-electron chi connectivity index (χ3n) is 8.32. The second-order valence-electron chi connectivity index (χ2n) is 11.1. The summed E-state index contributed by atoms with van der Waals surface area (Å²) in [5.74, 6) is 2.46. The molecule has 3 N–H and O–H groups in total. The van der Waals surface area contributed by atoms with E-state index in [0.717, 1.165) is 29.9 Å². The van der Waals surface area contributed by atoms with E-state index in [1.54, 1.807) is 12.1 Å². The number of thioether (sulfide) groups is 1. The van der Waals surface area contributed by atoms with Crippen molar-refractivity contribution in [1.29, 1.82) is 0 Å². The van der Waals surface area contributed by atoms with E-state index in [2.05, 4.69) is 5.32 Å². The van der Waals surface area contributed by atoms with E-state index in [4.69, 9.17) is 27.1 Å². The Hall–Kier alpha value is -1.61. The van der Waals surface area contributed by atoms with Crippen LogP contribution in [0.3, 0.4) is 0 Å². The molecular weight excluding hydrogens is 496 g/mol. The van der Waals surface area contributed by atoms with Crippen molar-refractivity contribution in [2.45, 2.75) is 56.6 Å². The Kier molecular flexibility index (Phi) is 8.25. The van der Waals surface area contributed by atoms with E-state index in [0.29, 0.717) is 48.5 Å². The lowest BCUT2D eigenvalue weighted by Crippen LogP contribution is -2.50. The highest BCUT2D eigenvalue weighted by Crippen LogP contribution is 2.61. The summed E-state index contributed by atoms with van der Waals surface area (Å²) in [4.78, 5) is 32.9. The zero-order valence-corrected chi connectivity index (χ0v) is 22.4. The van der Waals surface area contributed by atoms with Crippen molar-refractivity contribution in [1.82, 2.24) is 10.2 Å². The summed E-state index contributed by atoms with van der Waals surface area (Å²) >= 11 is 7.45. The van der Waals surface area contributed by atoms with E-state index in [1.165, 1.54) is 50.3 Å². The molecule has 0 radical (unpaired) electrons. The number of hydrogen-bond donors (Lipinski definition) is 2. The standard InChI is InChI=1S/C27H37ClN4O3S/c28-21-1-3-22(4-2-21)31-26-32(8-5-27-15-18-11-19(16-27)13-20(12-18)17-27)24(33)14-23(36-26)25(34)30-7-10-35-9-6-29/h1-4,18-20,23H,5-17,29H2,(H,30,34). The molecule has 2 amide bonds. The van der Waals surface area contributed by atoms with Crippen LogP contribution in [0.15, 0.2) is 29.3 Å². The molecule has 9 heteroatoms. The Morgan fingerprint density at radius 1 is 1.14 bits per heavy atom. The fraction of sp³-hybridized carbons (Fsp3) is 0.667. The molecule has 6 rings (SSSR count). The second-order valence-corrected chi connectivity index (χ2v) is 12.7. The van der Waals surface area contributed by atoms with Crippen LogP contribution in [-0.4, -0.2) is 60.0 Å². The van der Waals surface area contributed by atoms with Crippen molar-refractivity contribution in [3.05, 3.63) is 29.3 Å². The highest BCUT2D eigenvalue weighted by Gasteiger charge is 2.51. The summed E-state index contributed by atoms with van der Waals surface area (Å²) in [6.45, 7) is 2.38. The van der Waals surface area contributed by atoms with Crippen LogP contribution in [0.4, 0.5) is 5.69 Å². The van der Waals surface area contributed by atoms with Gasteiger partial charge < -0.3 is 15.8 Å². The smallest absolute Gasteiger partial charge is 0.234 e. The number of carbonyl (C=O) groups is 2. The minimum absolute atomic E-state index is 0.0225. The Labute approximate surface area is 222 Å². The van der Waals surface area contributed by atoms with Crippen molar-refractivity contribution in [3.8, 4) is 0 Å². The molecule has 1 unspecified atom stereocenters. The van der Waals surface area contributed by atoms with Gasteiger partial charge in [0.2, 0.25) is 11.8 Å². The number of nitrogens with two attached hydrogens (primary N) is 1. The first kappa shape index (κ1) is 26.0. The third kappa shape index (κ3) is 6.09. The van der Waals surface area contributed by atoms with Crippen LogP contribution in [-0.2, 0) is 14.3 Å². The lowest BCUT2D eigenvalue weighted by Gasteiger charge is -2.57. The molecule has 4 bridgehead atoms. The maximum atomic E-state index is 13.4. The normalized spacial score (nSPS) is 32.3. The van der Waals surface area contributed by atoms with E-state index in [9.17, 15) is 9.59 Å². The largest absolute Gasteiger partial charge is 0.378 e. The zero-order chi connectivity index (χ0) is 25.1. The Balaban J connectivity index is 1.28. The van der Waals surface area contributed by atoms with Crippen LogP contribution in [0, 0.1) is 23.2 Å². The molecule has 5 fully saturated rings. The summed E-state index contributed by atoms with van der Waals surface area (Å²) in [5.41, 5.74) is 6.54. The summed E-state index contributed by atoms with van der Waals surface area (Å²) in [5, 5.41) is 3.63. The van der Waals surface area contributed by atoms with Crippen molar-refractivity contribution in [3.63, 3.8) is 0 Å². The van der Waals surface area contributed by atoms with Crippen molar-refractivity contribution in [2.24, 2.45) is 33.9 Å². The van der Waals surface area contributed by atoms with Gasteiger partial charge in [0, 0.05) is 31.1 Å². The van der Waals surface area contributed by atoms with E-state index in [1.807, 2.05) is 17.0 Å². The molecule has 196 valence electrons. The van der Waals surface area contributed by atoms with E-state index in [-0.39, 0.29) is 18.2 Å². The zero-order valence-electron chi connectivity index (χ0n) is 20.8. The molecule has 4 saturated carbocycles. The summed E-state index contributed by atoms with van der Waals surface area (Å²) in [6.07, 6.45) is 9.39. The second kappa shape index (κ2) is 11.4. The molecule has 5 aliphatic rings. The van der Waals surface area contributed by atoms with Gasteiger partial charge in [0.25, 0.3) is 0 Å². The molecule has 0 spiro atoms. The van der Waals surface area contributed by atoms with E-state index >= 15 is 0 Å². The first-order valence-corrected chi connectivity index (χ1v) is 14.6. The number of amidine groups is 1. The number of nitrogens with one attached hydrogen (secondary N) is 1. The maximum absolute atomic E-state index is 13.4. The molecule has 7 nitrogen and oxygen atoms in total. The highest BCUT2D eigenvalue weighted by atomic mass is 35.5. The predicted octanol–water partition coefficient (Wildman–Crippen LogP) is 4.36. The van der Waals surface area contributed by atoms with Gasteiger partial charge in [-0.25, -0.2) is 4.99 Å². The Bertz CT molecular complexity index is 950. The number of aliphatic imine (C=N–C) groups is 1. The van der Waals surface area contributed by atoms with Crippen molar-refractivity contribution in [2.75, 3.05) is 32.8 Å². The monoisotopic (exact) mass is 532 g/mol. The molecule has 4 aliphatic carbocycles.